The summed E-state index contributed by atoms with van der Waals surface area (Å²) in [6, 6.07) is 18.2. The predicted molar refractivity (Wildman–Crippen MR) is 120 cm³/mol. The van der Waals surface area contributed by atoms with Crippen LogP contribution in [0.2, 0.25) is 0 Å². The molecule has 0 bridgehead atoms. The molecule has 0 aliphatic heterocycles. The van der Waals surface area contributed by atoms with Crippen molar-refractivity contribution < 1.29 is 8.42 Å². The number of rotatable bonds is 4. The molecule has 0 N–H and O–H groups in total. The molecule has 4 nitrogen and oxygen atoms in total. The third-order valence-electron chi connectivity index (χ3n) is 5.25. The second kappa shape index (κ2) is 7.58. The Labute approximate surface area is 177 Å². The Morgan fingerprint density at radius 3 is 2.10 bits per heavy atom. The third-order valence-corrected chi connectivity index (χ3v) is 7.02. The second-order valence-electron chi connectivity index (χ2n) is 7.71. The van der Waals surface area contributed by atoms with Gasteiger partial charge in [-0.3, -0.25) is 4.57 Å². The molecule has 4 aromatic rings. The molecule has 0 unspecified atom stereocenters. The first-order valence-electron chi connectivity index (χ1n) is 9.81. The lowest BCUT2D eigenvalue weighted by atomic mass is 10.0. The van der Waals surface area contributed by atoms with Crippen LogP contribution in [0, 0.1) is 27.7 Å². The Hall–Kier alpha value is -3.18. The van der Waals surface area contributed by atoms with Crippen LogP contribution in [0.4, 0.5) is 0 Å². The molecule has 0 radical (unpaired) electrons. The number of sulfone groups is 1. The molecule has 0 aliphatic carbocycles. The average molecular weight is 417 g/mol. The molecule has 5 heteroatoms. The molecule has 30 heavy (non-hydrogen) atoms. The molecule has 0 saturated carbocycles. The highest BCUT2D eigenvalue weighted by molar-refractivity contribution is 7.91. The molecule has 3 aromatic carbocycles. The summed E-state index contributed by atoms with van der Waals surface area (Å²) in [6.45, 7) is 8.18. The maximum Gasteiger partial charge on any atom is 0.206 e. The fourth-order valence-electron chi connectivity index (χ4n) is 3.91. The van der Waals surface area contributed by atoms with Crippen LogP contribution in [0.3, 0.4) is 0 Å². The third kappa shape index (κ3) is 3.57. The Kier molecular flexibility index (Phi) is 5.08. The zero-order valence-electron chi connectivity index (χ0n) is 17.5. The van der Waals surface area contributed by atoms with E-state index in [1.165, 1.54) is 5.56 Å². The zero-order valence-corrected chi connectivity index (χ0v) is 18.4. The molecule has 1 aromatic heterocycles. The van der Waals surface area contributed by atoms with Crippen molar-refractivity contribution in [2.45, 2.75) is 37.5 Å². The van der Waals surface area contributed by atoms with Gasteiger partial charge in [-0.2, -0.15) is 0 Å². The lowest BCUT2D eigenvalue weighted by molar-refractivity contribution is 0.596. The van der Waals surface area contributed by atoms with Crippen molar-refractivity contribution in [3.05, 3.63) is 95.3 Å². The van der Waals surface area contributed by atoms with Crippen LogP contribution in [0.1, 0.15) is 22.3 Å². The number of nitrogens with zero attached hydrogens (tertiary/aromatic N) is 2. The monoisotopic (exact) mass is 416 g/mol. The second-order valence-corrected chi connectivity index (χ2v) is 9.66. The van der Waals surface area contributed by atoms with Gasteiger partial charge in [-0.15, -0.1) is 0 Å². The van der Waals surface area contributed by atoms with Crippen molar-refractivity contribution >= 4 is 9.84 Å². The van der Waals surface area contributed by atoms with Gasteiger partial charge < -0.3 is 0 Å². The quantitative estimate of drug-likeness (QED) is 0.435. The van der Waals surface area contributed by atoms with Crippen LogP contribution < -0.4 is 0 Å². The van der Waals surface area contributed by atoms with Crippen molar-refractivity contribution in [1.82, 2.24) is 9.55 Å². The number of imidazole rings is 1. The summed E-state index contributed by atoms with van der Waals surface area (Å²) in [4.78, 5) is 5.09. The van der Waals surface area contributed by atoms with E-state index in [-0.39, 0.29) is 4.90 Å². The summed E-state index contributed by atoms with van der Waals surface area (Å²) in [7, 11) is -3.61. The lowest BCUT2D eigenvalue weighted by Gasteiger charge is -2.15. The van der Waals surface area contributed by atoms with Crippen LogP contribution in [-0.4, -0.2) is 18.0 Å². The maximum atomic E-state index is 13.1. The fourth-order valence-corrected chi connectivity index (χ4v) is 5.21. The minimum absolute atomic E-state index is 0.260. The molecule has 4 rings (SSSR count). The fraction of sp³-hybridized carbons (Fsp3) is 0.160. The lowest BCUT2D eigenvalue weighted by Crippen LogP contribution is -2.04. The predicted octanol–water partition coefficient (Wildman–Crippen LogP) is 5.61. The summed E-state index contributed by atoms with van der Waals surface area (Å²) in [5.41, 5.74) is 6.35. The number of aromatic nitrogens is 2. The van der Waals surface area contributed by atoms with Crippen molar-refractivity contribution in [3.8, 4) is 17.1 Å². The minimum atomic E-state index is -3.61. The summed E-state index contributed by atoms with van der Waals surface area (Å²) in [5, 5.41) is 0. The topological polar surface area (TPSA) is 52.0 Å². The summed E-state index contributed by atoms with van der Waals surface area (Å²) in [6.07, 6.45) is 3.66. The molecule has 152 valence electrons. The van der Waals surface area contributed by atoms with Crippen molar-refractivity contribution in [3.63, 3.8) is 0 Å². The van der Waals surface area contributed by atoms with Crippen LogP contribution in [0.5, 0.6) is 0 Å². The van der Waals surface area contributed by atoms with Gasteiger partial charge in [0.15, 0.2) is 0 Å². The Morgan fingerprint density at radius 2 is 1.43 bits per heavy atom. The van der Waals surface area contributed by atoms with Gasteiger partial charge in [-0.05, 0) is 63.1 Å². The number of hydrogen-bond acceptors (Lipinski definition) is 3. The van der Waals surface area contributed by atoms with Gasteiger partial charge in [0, 0.05) is 18.0 Å². The smallest absolute Gasteiger partial charge is 0.206 e. The summed E-state index contributed by atoms with van der Waals surface area (Å²) < 4.78 is 28.3. The molecule has 0 spiro atoms. The number of benzene rings is 3. The van der Waals surface area contributed by atoms with Crippen molar-refractivity contribution in [2.24, 2.45) is 0 Å². The minimum Gasteiger partial charge on any atom is -0.299 e. The van der Waals surface area contributed by atoms with E-state index in [4.69, 9.17) is 0 Å². The van der Waals surface area contributed by atoms with Crippen LogP contribution in [0.25, 0.3) is 17.1 Å². The first kappa shape index (κ1) is 20.1. The molecule has 0 fully saturated rings. The highest BCUT2D eigenvalue weighted by Crippen LogP contribution is 2.29. The largest absolute Gasteiger partial charge is 0.299 e. The highest BCUT2D eigenvalue weighted by Gasteiger charge is 2.19. The van der Waals surface area contributed by atoms with E-state index >= 15 is 0 Å². The van der Waals surface area contributed by atoms with Gasteiger partial charge in [-0.1, -0.05) is 47.5 Å². The average Bonchev–Trinajstić information content (AvgIpc) is 3.17. The number of hydrogen-bond donors (Lipinski definition) is 0. The van der Waals surface area contributed by atoms with Gasteiger partial charge in [0.1, 0.15) is 5.82 Å². The molecule has 0 atom stereocenters. The first-order valence-corrected chi connectivity index (χ1v) is 11.3. The Morgan fingerprint density at radius 1 is 0.767 bits per heavy atom. The van der Waals surface area contributed by atoms with Gasteiger partial charge in [-0.25, -0.2) is 13.4 Å². The van der Waals surface area contributed by atoms with E-state index in [2.05, 4.69) is 37.9 Å². The van der Waals surface area contributed by atoms with E-state index in [9.17, 15) is 8.42 Å². The van der Waals surface area contributed by atoms with Gasteiger partial charge >= 0.3 is 0 Å². The molecule has 0 saturated heterocycles. The van der Waals surface area contributed by atoms with E-state index in [0.29, 0.717) is 10.7 Å². The van der Waals surface area contributed by atoms with Crippen LogP contribution >= 0.6 is 0 Å². The normalized spacial score (nSPS) is 11.6. The van der Waals surface area contributed by atoms with Crippen LogP contribution in [0.15, 0.2) is 82.8 Å². The molecule has 0 amide bonds. The van der Waals surface area contributed by atoms with E-state index < -0.39 is 9.84 Å². The zero-order chi connectivity index (χ0) is 21.5. The van der Waals surface area contributed by atoms with Gasteiger partial charge in [0.25, 0.3) is 0 Å². The van der Waals surface area contributed by atoms with Crippen molar-refractivity contribution in [2.75, 3.05) is 0 Å². The van der Waals surface area contributed by atoms with E-state index in [1.807, 2.05) is 35.9 Å². The molecular formula is C25H24N2O2S. The molecular weight excluding hydrogens is 392 g/mol. The van der Waals surface area contributed by atoms with E-state index in [0.717, 1.165) is 27.9 Å². The molecule has 0 aliphatic rings. The summed E-state index contributed by atoms with van der Waals surface area (Å²) in [5.74, 6) is 0.714. The van der Waals surface area contributed by atoms with Crippen LogP contribution in [-0.2, 0) is 9.84 Å². The van der Waals surface area contributed by atoms with Gasteiger partial charge in [0.05, 0.1) is 15.5 Å². The van der Waals surface area contributed by atoms with Gasteiger partial charge in [0.2, 0.25) is 9.84 Å². The summed E-state index contributed by atoms with van der Waals surface area (Å²) >= 11 is 0. The first-order chi connectivity index (χ1) is 14.3. The standard InChI is InChI=1S/C25H24N2O2S/c1-17-8-10-22(11-9-17)30(28,29)23-7-5-6-21(16-23)25-26-12-13-27(25)24-19(3)14-18(2)15-20(24)4/h5-16H,1-4H3. The molecule has 1 heterocycles. The Balaban J connectivity index is 1.82. The SMILES string of the molecule is Cc1ccc(S(=O)(=O)c2cccc(-c3nccn3-c3c(C)cc(C)cc3C)c2)cc1. The highest BCUT2D eigenvalue weighted by atomic mass is 32.2. The van der Waals surface area contributed by atoms with E-state index in [1.54, 1.807) is 36.5 Å². The number of aryl methyl sites for hydroxylation is 4. The maximum absolute atomic E-state index is 13.1. The van der Waals surface area contributed by atoms with Crippen molar-refractivity contribution in [1.29, 1.82) is 0 Å². The Bertz CT molecular complexity index is 1310.